The third kappa shape index (κ3) is 0.997. The monoisotopic (exact) mass is 113 g/mol. The van der Waals surface area contributed by atoms with E-state index in [4.69, 9.17) is 0 Å². The first-order valence-electron chi connectivity index (χ1n) is 2.63. The summed E-state index contributed by atoms with van der Waals surface area (Å²) in [5, 5.41) is 0. The van der Waals surface area contributed by atoms with Crippen LogP contribution < -0.4 is 0 Å². The summed E-state index contributed by atoms with van der Waals surface area (Å²) in [6, 6.07) is 0. The number of carbonyl (C=O) groups excluding carboxylic acids is 1. The first kappa shape index (κ1) is 5.60. The summed E-state index contributed by atoms with van der Waals surface area (Å²) in [4.78, 5) is 10.4. The number of hydrogen-bond acceptors (Lipinski definition) is 2. The molecule has 2 heteroatoms. The second-order valence-electron chi connectivity index (χ2n) is 2.74. The van der Waals surface area contributed by atoms with Crippen LogP contribution in [0.2, 0.25) is 0 Å². The highest BCUT2D eigenvalue weighted by atomic mass is 16.5. The van der Waals surface area contributed by atoms with Crippen molar-refractivity contribution >= 4 is 5.97 Å². The summed E-state index contributed by atoms with van der Waals surface area (Å²) in [7, 11) is 0. The molecule has 0 aromatic heterocycles. The fraction of sp³-hybridized carbons (Fsp3) is 0.667. The molecule has 0 unspecified atom stereocenters. The molecule has 0 saturated carbocycles. The van der Waals surface area contributed by atoms with Crippen LogP contribution in [0, 0.1) is 11.8 Å². The molecule has 0 bridgehead atoms. The Morgan fingerprint density at radius 2 is 2.38 bits per heavy atom. The van der Waals surface area contributed by atoms with E-state index in [1.807, 2.05) is 13.8 Å². The highest BCUT2D eigenvalue weighted by Crippen LogP contribution is 2.25. The Balaban J connectivity index is 2.56. The molecule has 0 aromatic carbocycles. The zero-order valence-electron chi connectivity index (χ0n) is 5.10. The summed E-state index contributed by atoms with van der Waals surface area (Å²) in [5.74, 6) is -0.185. The van der Waals surface area contributed by atoms with Crippen molar-refractivity contribution in [3.05, 3.63) is 6.42 Å². The van der Waals surface area contributed by atoms with Crippen molar-refractivity contribution in [3.8, 4) is 0 Å². The van der Waals surface area contributed by atoms with E-state index in [0.29, 0.717) is 6.61 Å². The van der Waals surface area contributed by atoms with Crippen molar-refractivity contribution in [2.75, 3.05) is 6.61 Å². The molecule has 2 nitrogen and oxygen atoms in total. The van der Waals surface area contributed by atoms with Crippen LogP contribution in [0.3, 0.4) is 0 Å². The van der Waals surface area contributed by atoms with Crippen molar-refractivity contribution in [3.63, 3.8) is 0 Å². The lowest BCUT2D eigenvalue weighted by Gasteiger charge is -2.08. The van der Waals surface area contributed by atoms with Crippen molar-refractivity contribution in [1.82, 2.24) is 0 Å². The Bertz CT molecular complexity index is 116. The summed E-state index contributed by atoms with van der Waals surface area (Å²) < 4.78 is 4.67. The van der Waals surface area contributed by atoms with E-state index < -0.39 is 0 Å². The van der Waals surface area contributed by atoms with E-state index in [9.17, 15) is 4.79 Å². The fourth-order valence-corrected chi connectivity index (χ4v) is 0.660. The Labute approximate surface area is 48.8 Å². The molecular formula is C6H9O2. The molecule has 0 aromatic rings. The minimum Gasteiger partial charge on any atom is -0.465 e. The van der Waals surface area contributed by atoms with E-state index in [2.05, 4.69) is 4.74 Å². The van der Waals surface area contributed by atoms with E-state index in [0.717, 1.165) is 0 Å². The molecule has 0 atom stereocenters. The van der Waals surface area contributed by atoms with Crippen LogP contribution in [0.4, 0.5) is 0 Å². The average Bonchev–Trinajstić information content (AvgIpc) is 1.82. The van der Waals surface area contributed by atoms with Gasteiger partial charge in [0.25, 0.3) is 0 Å². The number of carbonyl (C=O) groups is 1. The highest BCUT2D eigenvalue weighted by molar-refractivity contribution is 5.82. The van der Waals surface area contributed by atoms with Gasteiger partial charge in [0.2, 0.25) is 0 Å². The standard InChI is InChI=1S/C6H9O2/c1-6(2)3-5(7)8-4-6/h3H,4H2,1-2H3. The summed E-state index contributed by atoms with van der Waals surface area (Å²) in [6.07, 6.45) is 1.60. The molecule has 0 spiro atoms. The molecule has 0 aliphatic carbocycles. The van der Waals surface area contributed by atoms with Gasteiger partial charge in [-0.05, 0) is 0 Å². The van der Waals surface area contributed by atoms with Gasteiger partial charge in [0, 0.05) is 5.41 Å². The third-order valence-corrected chi connectivity index (χ3v) is 1.10. The smallest absolute Gasteiger partial charge is 0.310 e. The first-order valence-corrected chi connectivity index (χ1v) is 2.63. The van der Waals surface area contributed by atoms with Gasteiger partial charge in [-0.2, -0.15) is 0 Å². The Morgan fingerprint density at radius 1 is 1.75 bits per heavy atom. The second kappa shape index (κ2) is 1.47. The molecule has 45 valence electrons. The van der Waals surface area contributed by atoms with Gasteiger partial charge >= 0.3 is 5.97 Å². The Hall–Kier alpha value is -0.530. The Morgan fingerprint density at radius 3 is 2.50 bits per heavy atom. The minimum absolute atomic E-state index is 0.0307. The number of cyclic esters (lactones) is 1. The van der Waals surface area contributed by atoms with Gasteiger partial charge in [-0.25, -0.2) is 0 Å². The summed E-state index contributed by atoms with van der Waals surface area (Å²) >= 11 is 0. The SMILES string of the molecule is CC1(C)[CH]C(=O)OC1. The lowest BCUT2D eigenvalue weighted by Crippen LogP contribution is -2.09. The van der Waals surface area contributed by atoms with Gasteiger partial charge in [-0.3, -0.25) is 4.79 Å². The van der Waals surface area contributed by atoms with Crippen LogP contribution in [0.1, 0.15) is 13.8 Å². The van der Waals surface area contributed by atoms with E-state index >= 15 is 0 Å². The molecule has 1 fully saturated rings. The maximum atomic E-state index is 10.4. The Kier molecular flexibility index (Phi) is 1.03. The molecular weight excluding hydrogens is 104 g/mol. The van der Waals surface area contributed by atoms with Gasteiger partial charge in [0.15, 0.2) is 0 Å². The molecule has 0 N–H and O–H groups in total. The van der Waals surface area contributed by atoms with Crippen molar-refractivity contribution < 1.29 is 9.53 Å². The normalized spacial score (nSPS) is 25.5. The van der Waals surface area contributed by atoms with Crippen LogP contribution >= 0.6 is 0 Å². The van der Waals surface area contributed by atoms with Gasteiger partial charge in [0.1, 0.15) is 0 Å². The maximum Gasteiger partial charge on any atom is 0.310 e. The molecule has 1 rings (SSSR count). The quantitative estimate of drug-likeness (QED) is 0.434. The van der Waals surface area contributed by atoms with E-state index in [-0.39, 0.29) is 11.4 Å². The van der Waals surface area contributed by atoms with Crippen LogP contribution in [0.25, 0.3) is 0 Å². The molecule has 1 aliphatic rings. The first-order chi connectivity index (χ1) is 3.60. The number of rotatable bonds is 0. The number of hydrogen-bond donors (Lipinski definition) is 0. The largest absolute Gasteiger partial charge is 0.465 e. The molecule has 1 aliphatic heterocycles. The van der Waals surface area contributed by atoms with Crippen molar-refractivity contribution in [2.45, 2.75) is 13.8 Å². The topological polar surface area (TPSA) is 26.3 Å². The van der Waals surface area contributed by atoms with Crippen LogP contribution in [-0.4, -0.2) is 12.6 Å². The summed E-state index contributed by atoms with van der Waals surface area (Å²) in [5.41, 5.74) is -0.0307. The van der Waals surface area contributed by atoms with Gasteiger partial charge in [-0.15, -0.1) is 0 Å². The second-order valence-corrected chi connectivity index (χ2v) is 2.74. The fourth-order valence-electron chi connectivity index (χ4n) is 0.660. The van der Waals surface area contributed by atoms with Crippen LogP contribution in [0.15, 0.2) is 0 Å². The third-order valence-electron chi connectivity index (χ3n) is 1.10. The zero-order valence-corrected chi connectivity index (χ0v) is 5.10. The van der Waals surface area contributed by atoms with E-state index in [1.54, 1.807) is 6.42 Å². The van der Waals surface area contributed by atoms with Gasteiger partial charge in [0.05, 0.1) is 13.0 Å². The van der Waals surface area contributed by atoms with E-state index in [1.165, 1.54) is 0 Å². The summed E-state index contributed by atoms with van der Waals surface area (Å²) in [6.45, 7) is 4.47. The lowest BCUT2D eigenvalue weighted by atomic mass is 9.93. The molecule has 0 amide bonds. The predicted octanol–water partition coefficient (Wildman–Crippen LogP) is 0.774. The lowest BCUT2D eigenvalue weighted by molar-refractivity contribution is -0.135. The maximum absolute atomic E-state index is 10.4. The molecule has 1 saturated heterocycles. The highest BCUT2D eigenvalue weighted by Gasteiger charge is 2.31. The van der Waals surface area contributed by atoms with Gasteiger partial charge < -0.3 is 4.74 Å². The van der Waals surface area contributed by atoms with Crippen molar-refractivity contribution in [1.29, 1.82) is 0 Å². The minimum atomic E-state index is -0.185. The zero-order chi connectivity index (χ0) is 6.20. The van der Waals surface area contributed by atoms with Crippen LogP contribution in [-0.2, 0) is 9.53 Å². The number of esters is 1. The predicted molar refractivity (Wildman–Crippen MR) is 29.0 cm³/mol. The van der Waals surface area contributed by atoms with Crippen molar-refractivity contribution in [2.24, 2.45) is 5.41 Å². The average molecular weight is 113 g/mol. The van der Waals surface area contributed by atoms with Crippen LogP contribution in [0.5, 0.6) is 0 Å². The molecule has 1 radical (unpaired) electrons. The molecule has 1 heterocycles. The number of ether oxygens (including phenoxy) is 1. The van der Waals surface area contributed by atoms with Gasteiger partial charge in [-0.1, -0.05) is 13.8 Å². The molecule has 8 heavy (non-hydrogen) atoms.